The van der Waals surface area contributed by atoms with Crippen molar-refractivity contribution in [2.75, 3.05) is 17.6 Å². The quantitative estimate of drug-likeness (QED) is 0.754. The van der Waals surface area contributed by atoms with Crippen molar-refractivity contribution in [3.05, 3.63) is 41.2 Å². The van der Waals surface area contributed by atoms with Crippen LogP contribution in [0.25, 0.3) is 0 Å². The summed E-state index contributed by atoms with van der Waals surface area (Å²) in [5, 5.41) is 3.23. The third-order valence-corrected chi connectivity index (χ3v) is 2.64. The number of nitrogens with zero attached hydrogens (tertiary/aromatic N) is 1. The van der Waals surface area contributed by atoms with Gasteiger partial charge in [0.2, 0.25) is 0 Å². The summed E-state index contributed by atoms with van der Waals surface area (Å²) >= 11 is 0. The van der Waals surface area contributed by atoms with Gasteiger partial charge in [0.25, 0.3) is 0 Å². The molecular weight excluding hydrogens is 212 g/mol. The Morgan fingerprint density at radius 3 is 2.82 bits per heavy atom. The van der Waals surface area contributed by atoms with Crippen LogP contribution < -0.4 is 11.1 Å². The first-order chi connectivity index (χ1) is 8.15. The van der Waals surface area contributed by atoms with E-state index in [0.717, 1.165) is 24.6 Å². The lowest BCUT2D eigenvalue weighted by Gasteiger charge is -2.05. The molecule has 2 rings (SSSR count). The Labute approximate surface area is 101 Å². The molecule has 1 aromatic carbocycles. The van der Waals surface area contributed by atoms with Crippen molar-refractivity contribution in [3.8, 4) is 0 Å². The van der Waals surface area contributed by atoms with Gasteiger partial charge < -0.3 is 16.0 Å². The Balaban J connectivity index is 1.89. The third-order valence-electron chi connectivity index (χ3n) is 2.64. The van der Waals surface area contributed by atoms with E-state index in [2.05, 4.69) is 46.5 Å². The third kappa shape index (κ3) is 3.00. The number of nitrogen functional groups attached to an aromatic ring is 1. The van der Waals surface area contributed by atoms with Crippen LogP contribution >= 0.6 is 0 Å². The zero-order valence-corrected chi connectivity index (χ0v) is 10.2. The van der Waals surface area contributed by atoms with Gasteiger partial charge in [0.05, 0.1) is 0 Å². The van der Waals surface area contributed by atoms with Gasteiger partial charge >= 0.3 is 0 Å². The minimum atomic E-state index is 0.603. The molecule has 0 radical (unpaired) electrons. The second kappa shape index (κ2) is 4.91. The molecule has 0 bridgehead atoms. The SMILES string of the molecule is Cc1cccc(CCNc2nc(C)[nH]c2N)c1. The van der Waals surface area contributed by atoms with E-state index in [-0.39, 0.29) is 0 Å². The number of rotatable bonds is 4. The van der Waals surface area contributed by atoms with Gasteiger partial charge in [0.1, 0.15) is 11.6 Å². The van der Waals surface area contributed by atoms with Crippen molar-refractivity contribution in [2.24, 2.45) is 0 Å². The number of hydrogen-bond donors (Lipinski definition) is 3. The van der Waals surface area contributed by atoms with E-state index in [4.69, 9.17) is 5.73 Å². The normalized spacial score (nSPS) is 10.5. The van der Waals surface area contributed by atoms with Gasteiger partial charge in [-0.25, -0.2) is 4.98 Å². The predicted molar refractivity (Wildman–Crippen MR) is 71.1 cm³/mol. The Kier molecular flexibility index (Phi) is 3.32. The number of aryl methyl sites for hydroxylation is 2. The van der Waals surface area contributed by atoms with E-state index < -0.39 is 0 Å². The lowest BCUT2D eigenvalue weighted by molar-refractivity contribution is 1.01. The summed E-state index contributed by atoms with van der Waals surface area (Å²) in [5.74, 6) is 2.18. The molecule has 0 atom stereocenters. The maximum absolute atomic E-state index is 5.76. The number of aromatic nitrogens is 2. The van der Waals surface area contributed by atoms with Crippen LogP contribution in [0, 0.1) is 13.8 Å². The fourth-order valence-electron chi connectivity index (χ4n) is 1.84. The van der Waals surface area contributed by atoms with Crippen LogP contribution in [0.15, 0.2) is 24.3 Å². The minimum Gasteiger partial charge on any atom is -0.382 e. The molecule has 0 aliphatic heterocycles. The first-order valence-corrected chi connectivity index (χ1v) is 5.76. The lowest BCUT2D eigenvalue weighted by Crippen LogP contribution is -2.06. The number of hydrogen-bond acceptors (Lipinski definition) is 3. The maximum atomic E-state index is 5.76. The highest BCUT2D eigenvalue weighted by Gasteiger charge is 2.03. The second-order valence-electron chi connectivity index (χ2n) is 4.25. The standard InChI is InChI=1S/C13H18N4/c1-9-4-3-5-11(8-9)6-7-15-13-12(14)16-10(2)17-13/h3-5,8,15H,6-7,14H2,1-2H3,(H,16,17). The van der Waals surface area contributed by atoms with Crippen LogP contribution in [0.2, 0.25) is 0 Å². The summed E-state index contributed by atoms with van der Waals surface area (Å²) in [6.45, 7) is 4.83. The fourth-order valence-corrected chi connectivity index (χ4v) is 1.84. The molecule has 1 aromatic heterocycles. The van der Waals surface area contributed by atoms with Crippen molar-refractivity contribution in [1.29, 1.82) is 0 Å². The van der Waals surface area contributed by atoms with E-state index in [9.17, 15) is 0 Å². The molecule has 90 valence electrons. The van der Waals surface area contributed by atoms with Gasteiger partial charge in [-0.3, -0.25) is 0 Å². The highest BCUT2D eigenvalue weighted by molar-refractivity contribution is 5.56. The smallest absolute Gasteiger partial charge is 0.168 e. The molecule has 4 N–H and O–H groups in total. The number of imidazole rings is 1. The van der Waals surface area contributed by atoms with Crippen LogP contribution in [-0.4, -0.2) is 16.5 Å². The number of nitrogens with two attached hydrogens (primary N) is 1. The van der Waals surface area contributed by atoms with E-state index >= 15 is 0 Å². The van der Waals surface area contributed by atoms with Gasteiger partial charge in [-0.2, -0.15) is 0 Å². The van der Waals surface area contributed by atoms with Crippen molar-refractivity contribution in [1.82, 2.24) is 9.97 Å². The summed E-state index contributed by atoms with van der Waals surface area (Å²) < 4.78 is 0. The highest BCUT2D eigenvalue weighted by Crippen LogP contribution is 2.13. The molecule has 0 unspecified atom stereocenters. The summed E-state index contributed by atoms with van der Waals surface area (Å²) in [4.78, 5) is 7.24. The van der Waals surface area contributed by atoms with Crippen molar-refractivity contribution < 1.29 is 0 Å². The van der Waals surface area contributed by atoms with Crippen LogP contribution in [0.1, 0.15) is 17.0 Å². The van der Waals surface area contributed by atoms with Crippen LogP contribution in [0.3, 0.4) is 0 Å². The fraction of sp³-hybridized carbons (Fsp3) is 0.308. The van der Waals surface area contributed by atoms with Gasteiger partial charge in [-0.05, 0) is 25.8 Å². The first kappa shape index (κ1) is 11.5. The highest BCUT2D eigenvalue weighted by atomic mass is 15.1. The molecule has 0 saturated heterocycles. The summed E-state index contributed by atoms with van der Waals surface area (Å²) in [6, 6.07) is 8.51. The lowest BCUT2D eigenvalue weighted by atomic mass is 10.1. The Morgan fingerprint density at radius 2 is 2.18 bits per heavy atom. The van der Waals surface area contributed by atoms with E-state index in [1.54, 1.807) is 0 Å². The summed E-state index contributed by atoms with van der Waals surface area (Å²) in [6.07, 6.45) is 0.965. The number of aromatic amines is 1. The molecule has 17 heavy (non-hydrogen) atoms. The maximum Gasteiger partial charge on any atom is 0.168 e. The van der Waals surface area contributed by atoms with E-state index in [1.165, 1.54) is 11.1 Å². The van der Waals surface area contributed by atoms with Gasteiger partial charge in [0, 0.05) is 6.54 Å². The van der Waals surface area contributed by atoms with Gasteiger partial charge in [-0.15, -0.1) is 0 Å². The first-order valence-electron chi connectivity index (χ1n) is 5.76. The average molecular weight is 230 g/mol. The van der Waals surface area contributed by atoms with Gasteiger partial charge in [-0.1, -0.05) is 29.8 Å². The summed E-state index contributed by atoms with van der Waals surface area (Å²) in [5.41, 5.74) is 8.38. The van der Waals surface area contributed by atoms with Crippen LogP contribution in [0.4, 0.5) is 11.6 Å². The van der Waals surface area contributed by atoms with Crippen molar-refractivity contribution in [2.45, 2.75) is 20.3 Å². The average Bonchev–Trinajstić information content (AvgIpc) is 2.58. The van der Waals surface area contributed by atoms with Crippen molar-refractivity contribution in [3.63, 3.8) is 0 Å². The molecular formula is C13H18N4. The molecule has 2 aromatic rings. The van der Waals surface area contributed by atoms with Crippen molar-refractivity contribution >= 4 is 11.6 Å². The zero-order valence-electron chi connectivity index (χ0n) is 10.2. The molecule has 4 heteroatoms. The molecule has 1 heterocycles. The number of H-pyrrole nitrogens is 1. The molecule has 0 aliphatic rings. The predicted octanol–water partition coefficient (Wildman–Crippen LogP) is 2.26. The molecule has 0 saturated carbocycles. The Bertz CT molecular complexity index is 502. The topological polar surface area (TPSA) is 66.7 Å². The van der Waals surface area contributed by atoms with Crippen LogP contribution in [0.5, 0.6) is 0 Å². The summed E-state index contributed by atoms with van der Waals surface area (Å²) in [7, 11) is 0. The molecule has 0 spiro atoms. The number of anilines is 2. The number of benzene rings is 1. The zero-order chi connectivity index (χ0) is 12.3. The van der Waals surface area contributed by atoms with Gasteiger partial charge in [0.15, 0.2) is 5.82 Å². The van der Waals surface area contributed by atoms with E-state index in [0.29, 0.717) is 5.82 Å². The molecule has 4 nitrogen and oxygen atoms in total. The monoisotopic (exact) mass is 230 g/mol. The minimum absolute atomic E-state index is 0.603. The van der Waals surface area contributed by atoms with Crippen LogP contribution in [-0.2, 0) is 6.42 Å². The Hall–Kier alpha value is -1.97. The largest absolute Gasteiger partial charge is 0.382 e. The Morgan fingerprint density at radius 1 is 1.35 bits per heavy atom. The second-order valence-corrected chi connectivity index (χ2v) is 4.25. The van der Waals surface area contributed by atoms with E-state index in [1.807, 2.05) is 6.92 Å². The number of nitrogens with one attached hydrogen (secondary N) is 2. The molecule has 0 aliphatic carbocycles. The molecule has 0 amide bonds. The molecule has 0 fully saturated rings.